The van der Waals surface area contributed by atoms with Crippen LogP contribution in [-0.4, -0.2) is 44.1 Å². The van der Waals surface area contributed by atoms with E-state index in [1.165, 1.54) is 6.08 Å². The van der Waals surface area contributed by atoms with E-state index in [1.54, 1.807) is 62.6 Å². The van der Waals surface area contributed by atoms with E-state index in [0.717, 1.165) is 11.1 Å². The molecule has 0 heterocycles. The van der Waals surface area contributed by atoms with Crippen molar-refractivity contribution >= 4 is 17.7 Å². The molecule has 2 N–H and O–H groups in total. The highest BCUT2D eigenvalue weighted by atomic mass is 16.6. The summed E-state index contributed by atoms with van der Waals surface area (Å²) >= 11 is 0. The topological polar surface area (TPSA) is 103 Å². The van der Waals surface area contributed by atoms with E-state index in [4.69, 9.17) is 24.1 Å². The van der Waals surface area contributed by atoms with Crippen LogP contribution in [0.15, 0.2) is 72.3 Å². The maximum Gasteiger partial charge on any atom is 0.412 e. The van der Waals surface area contributed by atoms with Gasteiger partial charge in [0.1, 0.15) is 24.2 Å². The molecule has 2 aromatic carbocycles. The maximum atomic E-state index is 12.7. The second-order valence-electron chi connectivity index (χ2n) is 7.63. The molecular weight excluding hydrogens is 450 g/mol. The zero-order valence-electron chi connectivity index (χ0n) is 20.5. The first kappa shape index (κ1) is 27.5. The largest absolute Gasteiger partial charge is 0.497 e. The maximum absolute atomic E-state index is 12.7. The van der Waals surface area contributed by atoms with Crippen LogP contribution in [-0.2, 0) is 14.3 Å². The number of hydrogen-bond donors (Lipinski definition) is 2. The Morgan fingerprint density at radius 2 is 1.71 bits per heavy atom. The van der Waals surface area contributed by atoms with E-state index in [0.29, 0.717) is 23.8 Å². The number of carbonyl (C=O) groups is 2. The molecule has 0 aliphatic carbocycles. The van der Waals surface area contributed by atoms with E-state index < -0.39 is 18.2 Å². The molecule has 0 aliphatic rings. The second kappa shape index (κ2) is 14.5. The molecule has 0 saturated heterocycles. The number of aliphatic hydroxyl groups is 1. The summed E-state index contributed by atoms with van der Waals surface area (Å²) in [7, 11) is 1.57. The zero-order valence-corrected chi connectivity index (χ0v) is 20.5. The van der Waals surface area contributed by atoms with Gasteiger partial charge in [0.15, 0.2) is 0 Å². The fourth-order valence-corrected chi connectivity index (χ4v) is 3.17. The Bertz CT molecular complexity index is 997. The quantitative estimate of drug-likeness (QED) is 0.247. The standard InChI is InChI=1S/C27H33NO7/c1-5-33-25(30)8-6-7-19(2)20(3)26(21-9-13-24(14-10-21)34-18-17-29)35-27(31)28-22-11-15-23(32-4)16-12-22/h6-16,20,26,29H,5,17-18H2,1-4H3,(H,28,31)/b8-6+,19-7+/t20-,26-/m0/s1. The molecule has 0 radical (unpaired) electrons. The van der Waals surface area contributed by atoms with Gasteiger partial charge in [-0.1, -0.05) is 36.8 Å². The van der Waals surface area contributed by atoms with E-state index in [2.05, 4.69) is 5.32 Å². The third kappa shape index (κ3) is 9.17. The number of benzene rings is 2. The molecular formula is C27H33NO7. The lowest BCUT2D eigenvalue weighted by Crippen LogP contribution is -2.22. The minimum atomic E-state index is -0.618. The molecule has 2 rings (SSSR count). The van der Waals surface area contributed by atoms with E-state index in [-0.39, 0.29) is 19.1 Å². The van der Waals surface area contributed by atoms with Crippen molar-refractivity contribution in [1.29, 1.82) is 0 Å². The van der Waals surface area contributed by atoms with Gasteiger partial charge in [-0.15, -0.1) is 0 Å². The lowest BCUT2D eigenvalue weighted by atomic mass is 9.91. The monoisotopic (exact) mass is 483 g/mol. The Hall–Kier alpha value is -3.78. The summed E-state index contributed by atoms with van der Waals surface area (Å²) in [5.41, 5.74) is 2.23. The molecule has 0 fully saturated rings. The zero-order chi connectivity index (χ0) is 25.6. The van der Waals surface area contributed by atoms with Crippen LogP contribution < -0.4 is 14.8 Å². The van der Waals surface area contributed by atoms with Crippen molar-refractivity contribution in [2.45, 2.75) is 26.9 Å². The minimum Gasteiger partial charge on any atom is -0.497 e. The number of rotatable bonds is 12. The van der Waals surface area contributed by atoms with E-state index in [1.807, 2.05) is 26.0 Å². The van der Waals surface area contributed by atoms with E-state index >= 15 is 0 Å². The van der Waals surface area contributed by atoms with Crippen molar-refractivity contribution < 1.29 is 33.6 Å². The Morgan fingerprint density at radius 3 is 2.31 bits per heavy atom. The van der Waals surface area contributed by atoms with Crippen LogP contribution >= 0.6 is 0 Å². The van der Waals surface area contributed by atoms with Gasteiger partial charge in [0.2, 0.25) is 0 Å². The SMILES string of the molecule is CCOC(=O)/C=C/C=C(\C)[C@H](C)[C@H](OC(=O)Nc1ccc(OC)cc1)c1ccc(OCCO)cc1. The molecule has 2 atom stereocenters. The molecule has 0 spiro atoms. The second-order valence-corrected chi connectivity index (χ2v) is 7.63. The average Bonchev–Trinajstić information content (AvgIpc) is 2.86. The minimum absolute atomic E-state index is 0.0840. The first-order valence-electron chi connectivity index (χ1n) is 11.3. The number of hydrogen-bond acceptors (Lipinski definition) is 7. The summed E-state index contributed by atoms with van der Waals surface area (Å²) < 4.78 is 21.3. The Labute approximate surface area is 206 Å². The number of ether oxygens (including phenoxy) is 4. The van der Waals surface area contributed by atoms with Crippen LogP contribution in [0.1, 0.15) is 32.4 Å². The van der Waals surface area contributed by atoms with Crippen LogP contribution in [0.4, 0.5) is 10.5 Å². The molecule has 35 heavy (non-hydrogen) atoms. The van der Waals surface area contributed by atoms with Gasteiger partial charge in [-0.2, -0.15) is 0 Å². The molecule has 188 valence electrons. The number of anilines is 1. The third-order valence-electron chi connectivity index (χ3n) is 5.19. The molecule has 0 bridgehead atoms. The van der Waals surface area contributed by atoms with Gasteiger partial charge in [-0.05, 0) is 55.8 Å². The van der Waals surface area contributed by atoms with Crippen LogP contribution in [0.5, 0.6) is 11.5 Å². The van der Waals surface area contributed by atoms with Gasteiger partial charge in [-0.3, -0.25) is 5.32 Å². The van der Waals surface area contributed by atoms with Crippen LogP contribution in [0.25, 0.3) is 0 Å². The molecule has 0 aromatic heterocycles. The Morgan fingerprint density at radius 1 is 1.06 bits per heavy atom. The molecule has 0 saturated carbocycles. The summed E-state index contributed by atoms with van der Waals surface area (Å²) in [6.07, 6.45) is 3.52. The number of nitrogens with one attached hydrogen (secondary N) is 1. The van der Waals surface area contributed by atoms with Gasteiger partial charge in [0.05, 0.1) is 20.3 Å². The predicted molar refractivity (Wildman–Crippen MR) is 134 cm³/mol. The van der Waals surface area contributed by atoms with Crippen molar-refractivity contribution in [1.82, 2.24) is 0 Å². The number of esters is 1. The highest BCUT2D eigenvalue weighted by Crippen LogP contribution is 2.32. The Kier molecular flexibility index (Phi) is 11.4. The molecule has 0 unspecified atom stereocenters. The van der Waals surface area contributed by atoms with Crippen molar-refractivity contribution in [2.75, 3.05) is 32.2 Å². The predicted octanol–water partition coefficient (Wildman–Crippen LogP) is 5.06. The van der Waals surface area contributed by atoms with Crippen LogP contribution in [0, 0.1) is 5.92 Å². The number of allylic oxidation sites excluding steroid dienone is 2. The third-order valence-corrected chi connectivity index (χ3v) is 5.19. The molecule has 2 aromatic rings. The number of aliphatic hydroxyl groups excluding tert-OH is 1. The van der Waals surface area contributed by atoms with Crippen molar-refractivity contribution in [3.63, 3.8) is 0 Å². The molecule has 0 aliphatic heterocycles. The van der Waals surface area contributed by atoms with Gasteiger partial charge >= 0.3 is 12.1 Å². The lowest BCUT2D eigenvalue weighted by Gasteiger charge is -2.25. The van der Waals surface area contributed by atoms with Crippen LogP contribution in [0.2, 0.25) is 0 Å². The van der Waals surface area contributed by atoms with Crippen molar-refractivity contribution in [3.8, 4) is 11.5 Å². The first-order chi connectivity index (χ1) is 16.9. The van der Waals surface area contributed by atoms with Crippen molar-refractivity contribution in [3.05, 3.63) is 77.9 Å². The van der Waals surface area contributed by atoms with Gasteiger partial charge < -0.3 is 24.1 Å². The normalized spacial score (nSPS) is 13.1. The number of methoxy groups -OCH3 is 1. The molecule has 8 heteroatoms. The highest BCUT2D eigenvalue weighted by Gasteiger charge is 2.25. The van der Waals surface area contributed by atoms with E-state index in [9.17, 15) is 9.59 Å². The van der Waals surface area contributed by atoms with Crippen LogP contribution in [0.3, 0.4) is 0 Å². The number of carbonyl (C=O) groups excluding carboxylic acids is 2. The summed E-state index contributed by atoms with van der Waals surface area (Å²) in [5, 5.41) is 11.7. The first-order valence-corrected chi connectivity index (χ1v) is 11.3. The summed E-state index contributed by atoms with van der Waals surface area (Å²) in [5.74, 6) is 0.638. The molecule has 8 nitrogen and oxygen atoms in total. The average molecular weight is 484 g/mol. The summed E-state index contributed by atoms with van der Waals surface area (Å²) in [6.45, 7) is 5.99. The van der Waals surface area contributed by atoms with Gasteiger partial charge in [-0.25, -0.2) is 9.59 Å². The Balaban J connectivity index is 2.21. The fourth-order valence-electron chi connectivity index (χ4n) is 3.17. The molecule has 1 amide bonds. The van der Waals surface area contributed by atoms with Gasteiger partial charge in [0, 0.05) is 17.7 Å². The van der Waals surface area contributed by atoms with Gasteiger partial charge in [0.25, 0.3) is 0 Å². The summed E-state index contributed by atoms with van der Waals surface area (Å²) in [6, 6.07) is 14.1. The number of amides is 1. The smallest absolute Gasteiger partial charge is 0.412 e. The summed E-state index contributed by atoms with van der Waals surface area (Å²) in [4.78, 5) is 24.3. The fraction of sp³-hybridized carbons (Fsp3) is 0.333. The highest BCUT2D eigenvalue weighted by molar-refractivity contribution is 5.85. The van der Waals surface area contributed by atoms with Crippen molar-refractivity contribution in [2.24, 2.45) is 5.92 Å². The lowest BCUT2D eigenvalue weighted by molar-refractivity contribution is -0.137.